The van der Waals surface area contributed by atoms with Crippen molar-refractivity contribution in [3.05, 3.63) is 40.3 Å². The minimum absolute atomic E-state index is 0.645. The lowest BCUT2D eigenvalue weighted by molar-refractivity contribution is 0.390. The van der Waals surface area contributed by atoms with Gasteiger partial charge in [0.1, 0.15) is 0 Å². The third kappa shape index (κ3) is 3.11. The third-order valence-electron chi connectivity index (χ3n) is 3.10. The van der Waals surface area contributed by atoms with Crippen molar-refractivity contribution in [1.29, 1.82) is 0 Å². The Morgan fingerprint density at radius 3 is 2.90 bits per heavy atom. The Balaban J connectivity index is 2.03. The lowest BCUT2D eigenvalue weighted by Crippen LogP contribution is -2.17. The van der Waals surface area contributed by atoms with Gasteiger partial charge in [0.2, 0.25) is 5.88 Å². The average molecular weight is 295 g/mol. The van der Waals surface area contributed by atoms with E-state index in [4.69, 9.17) is 16.3 Å². The summed E-state index contributed by atoms with van der Waals surface area (Å²) < 4.78 is 7.15. The lowest BCUT2D eigenvalue weighted by atomic mass is 10.2. The van der Waals surface area contributed by atoms with E-state index in [0.717, 1.165) is 28.5 Å². The van der Waals surface area contributed by atoms with E-state index in [0.29, 0.717) is 19.0 Å². The van der Waals surface area contributed by atoms with Crippen LogP contribution in [0.25, 0.3) is 0 Å². The predicted molar refractivity (Wildman–Crippen MR) is 79.0 cm³/mol. The second kappa shape index (κ2) is 6.72. The molecule has 0 fully saturated rings. The zero-order valence-corrected chi connectivity index (χ0v) is 12.7. The van der Waals surface area contributed by atoms with Crippen LogP contribution in [0, 0.1) is 6.92 Å². The van der Waals surface area contributed by atoms with Crippen LogP contribution in [0.1, 0.15) is 23.9 Å². The first-order valence-corrected chi connectivity index (χ1v) is 6.95. The Morgan fingerprint density at radius 2 is 2.20 bits per heavy atom. The Bertz CT molecular complexity index is 583. The van der Waals surface area contributed by atoms with E-state index < -0.39 is 0 Å². The summed E-state index contributed by atoms with van der Waals surface area (Å²) in [7, 11) is 1.62. The summed E-state index contributed by atoms with van der Waals surface area (Å²) in [5.74, 6) is 0.645. The van der Waals surface area contributed by atoms with Crippen molar-refractivity contribution >= 4 is 11.6 Å². The van der Waals surface area contributed by atoms with E-state index in [1.165, 1.54) is 0 Å². The van der Waals surface area contributed by atoms with E-state index >= 15 is 0 Å². The number of hydrogen-bond acceptors (Lipinski definition) is 4. The van der Waals surface area contributed by atoms with Gasteiger partial charge in [-0.15, -0.1) is 0 Å². The monoisotopic (exact) mass is 294 g/mol. The number of nitrogens with one attached hydrogen (secondary N) is 1. The number of aryl methyl sites for hydroxylation is 2. The van der Waals surface area contributed by atoms with Crippen molar-refractivity contribution in [2.45, 2.75) is 33.5 Å². The maximum Gasteiger partial charge on any atom is 0.217 e. The molecule has 0 bridgehead atoms. The summed E-state index contributed by atoms with van der Waals surface area (Å²) in [6.45, 7) is 6.10. The van der Waals surface area contributed by atoms with Crippen LogP contribution in [0.2, 0.25) is 5.02 Å². The first-order chi connectivity index (χ1) is 9.67. The molecule has 5 nitrogen and oxygen atoms in total. The van der Waals surface area contributed by atoms with Gasteiger partial charge >= 0.3 is 0 Å². The number of pyridine rings is 1. The summed E-state index contributed by atoms with van der Waals surface area (Å²) in [5, 5.41) is 8.49. The molecular formula is C14H19ClN4O. The maximum atomic E-state index is 6.27. The van der Waals surface area contributed by atoms with Crippen LogP contribution in [0.3, 0.4) is 0 Å². The summed E-state index contributed by atoms with van der Waals surface area (Å²) in [6.07, 6.45) is 1.72. The van der Waals surface area contributed by atoms with Crippen molar-refractivity contribution in [3.8, 4) is 5.88 Å². The largest absolute Gasteiger partial charge is 0.481 e. The van der Waals surface area contributed by atoms with Crippen LogP contribution >= 0.6 is 11.6 Å². The molecule has 0 aliphatic heterocycles. The molecule has 0 aliphatic carbocycles. The Morgan fingerprint density at radius 1 is 1.40 bits per heavy atom. The molecule has 1 N–H and O–H groups in total. The molecule has 0 saturated heterocycles. The zero-order valence-electron chi connectivity index (χ0n) is 12.0. The fourth-order valence-electron chi connectivity index (χ4n) is 2.10. The molecule has 0 aliphatic rings. The van der Waals surface area contributed by atoms with Gasteiger partial charge in [-0.1, -0.05) is 17.7 Å². The first-order valence-electron chi connectivity index (χ1n) is 6.57. The lowest BCUT2D eigenvalue weighted by Gasteiger charge is -2.09. The molecule has 0 spiro atoms. The second-order valence-electron chi connectivity index (χ2n) is 4.44. The summed E-state index contributed by atoms with van der Waals surface area (Å²) in [6, 6.07) is 3.88. The van der Waals surface area contributed by atoms with E-state index in [2.05, 4.69) is 22.3 Å². The zero-order chi connectivity index (χ0) is 14.5. The number of aromatic nitrogens is 3. The molecule has 2 aromatic heterocycles. The van der Waals surface area contributed by atoms with Crippen LogP contribution in [0.15, 0.2) is 18.3 Å². The smallest absolute Gasteiger partial charge is 0.217 e. The summed E-state index contributed by atoms with van der Waals surface area (Å²) in [4.78, 5) is 4.17. The van der Waals surface area contributed by atoms with E-state index in [1.807, 2.05) is 23.7 Å². The fraction of sp³-hybridized carbons (Fsp3) is 0.429. The highest BCUT2D eigenvalue weighted by Crippen LogP contribution is 2.20. The molecule has 2 heterocycles. The van der Waals surface area contributed by atoms with Gasteiger partial charge in [-0.2, -0.15) is 5.10 Å². The van der Waals surface area contributed by atoms with Gasteiger partial charge in [0.15, 0.2) is 0 Å². The Kier molecular flexibility index (Phi) is 4.98. The number of hydrogen-bond donors (Lipinski definition) is 1. The highest BCUT2D eigenvalue weighted by atomic mass is 35.5. The normalized spacial score (nSPS) is 10.8. The fourth-order valence-corrected chi connectivity index (χ4v) is 2.30. The number of ether oxygens (including phenoxy) is 1. The molecule has 0 aromatic carbocycles. The molecule has 108 valence electrons. The maximum absolute atomic E-state index is 6.27. The van der Waals surface area contributed by atoms with Gasteiger partial charge in [-0.25, -0.2) is 4.98 Å². The number of rotatable bonds is 6. The van der Waals surface area contributed by atoms with Crippen LogP contribution in [0.4, 0.5) is 0 Å². The van der Waals surface area contributed by atoms with Crippen molar-refractivity contribution in [1.82, 2.24) is 20.1 Å². The van der Waals surface area contributed by atoms with Gasteiger partial charge in [-0.05, 0) is 19.9 Å². The molecule has 2 rings (SSSR count). The number of nitrogens with zero attached hydrogens (tertiary/aromatic N) is 3. The first kappa shape index (κ1) is 14.8. The number of methoxy groups -OCH3 is 1. The number of halogens is 1. The van der Waals surface area contributed by atoms with E-state index in [1.54, 1.807) is 13.3 Å². The van der Waals surface area contributed by atoms with Crippen LogP contribution in [-0.2, 0) is 19.6 Å². The molecule has 20 heavy (non-hydrogen) atoms. The van der Waals surface area contributed by atoms with Gasteiger partial charge < -0.3 is 10.1 Å². The highest BCUT2D eigenvalue weighted by Gasteiger charge is 2.12. The van der Waals surface area contributed by atoms with Gasteiger partial charge in [0, 0.05) is 31.4 Å². The van der Waals surface area contributed by atoms with Crippen molar-refractivity contribution < 1.29 is 4.74 Å². The van der Waals surface area contributed by atoms with Crippen molar-refractivity contribution in [3.63, 3.8) is 0 Å². The van der Waals surface area contributed by atoms with Gasteiger partial charge in [0.05, 0.1) is 23.5 Å². The van der Waals surface area contributed by atoms with Crippen molar-refractivity contribution in [2.24, 2.45) is 0 Å². The highest BCUT2D eigenvalue weighted by molar-refractivity contribution is 6.31. The second-order valence-corrected chi connectivity index (χ2v) is 4.82. The molecule has 0 amide bonds. The minimum Gasteiger partial charge on any atom is -0.481 e. The Hall–Kier alpha value is -1.59. The van der Waals surface area contributed by atoms with Crippen LogP contribution < -0.4 is 10.1 Å². The van der Waals surface area contributed by atoms with Crippen LogP contribution in [-0.4, -0.2) is 21.9 Å². The average Bonchev–Trinajstić information content (AvgIpc) is 2.75. The summed E-state index contributed by atoms with van der Waals surface area (Å²) in [5.41, 5.74) is 2.89. The predicted octanol–water partition coefficient (Wildman–Crippen LogP) is 2.56. The molecule has 0 unspecified atom stereocenters. The topological polar surface area (TPSA) is 52.0 Å². The molecular weight excluding hydrogens is 276 g/mol. The molecule has 0 atom stereocenters. The van der Waals surface area contributed by atoms with Gasteiger partial charge in [0.25, 0.3) is 0 Å². The minimum atomic E-state index is 0.645. The SMILES string of the molecule is CCn1nc(C)c(Cl)c1CNCc1cccnc1OC. The third-order valence-corrected chi connectivity index (χ3v) is 3.60. The molecule has 0 radical (unpaired) electrons. The van der Waals surface area contributed by atoms with Crippen LogP contribution in [0.5, 0.6) is 5.88 Å². The molecule has 6 heteroatoms. The standard InChI is InChI=1S/C14H19ClN4O/c1-4-19-12(13(15)10(2)18-19)9-16-8-11-6-5-7-17-14(11)20-3/h5-7,16H,4,8-9H2,1-3H3. The van der Waals surface area contributed by atoms with E-state index in [9.17, 15) is 0 Å². The van der Waals surface area contributed by atoms with Gasteiger partial charge in [-0.3, -0.25) is 4.68 Å². The van der Waals surface area contributed by atoms with E-state index in [-0.39, 0.29) is 0 Å². The quantitative estimate of drug-likeness (QED) is 0.889. The molecule has 2 aromatic rings. The van der Waals surface area contributed by atoms with Crippen molar-refractivity contribution in [2.75, 3.05) is 7.11 Å². The molecule has 0 saturated carbocycles. The summed E-state index contributed by atoms with van der Waals surface area (Å²) >= 11 is 6.27. The Labute approximate surface area is 123 Å².